The van der Waals surface area contributed by atoms with Crippen LogP contribution < -0.4 is 5.32 Å². The van der Waals surface area contributed by atoms with Crippen LogP contribution in [0.5, 0.6) is 0 Å². The number of amides is 2. The summed E-state index contributed by atoms with van der Waals surface area (Å²) in [7, 11) is 0. The third-order valence-electron chi connectivity index (χ3n) is 6.31. The summed E-state index contributed by atoms with van der Waals surface area (Å²) in [6.07, 6.45) is -4.14. The van der Waals surface area contributed by atoms with Gasteiger partial charge in [0.15, 0.2) is 0 Å². The molecule has 3 aromatic rings. The van der Waals surface area contributed by atoms with E-state index in [1.54, 1.807) is 19.1 Å². The highest BCUT2D eigenvalue weighted by Gasteiger charge is 2.46. The van der Waals surface area contributed by atoms with Crippen LogP contribution in [0.3, 0.4) is 0 Å². The zero-order valence-electron chi connectivity index (χ0n) is 18.9. The molecule has 0 radical (unpaired) electrons. The van der Waals surface area contributed by atoms with E-state index in [9.17, 15) is 22.8 Å². The predicted octanol–water partition coefficient (Wildman–Crippen LogP) is 5.29. The van der Waals surface area contributed by atoms with Crippen molar-refractivity contribution in [3.05, 3.63) is 106 Å². The second kappa shape index (κ2) is 8.97. The normalized spacial score (nSPS) is 17.9. The van der Waals surface area contributed by atoms with Crippen molar-refractivity contribution in [1.29, 1.82) is 0 Å². The van der Waals surface area contributed by atoms with Gasteiger partial charge in [-0.25, -0.2) is 0 Å². The average molecular weight is 467 g/mol. The van der Waals surface area contributed by atoms with Crippen molar-refractivity contribution in [3.8, 4) is 0 Å². The van der Waals surface area contributed by atoms with Gasteiger partial charge in [-0.2, -0.15) is 13.2 Å². The van der Waals surface area contributed by atoms with Crippen LogP contribution in [0.1, 0.15) is 45.1 Å². The maximum absolute atomic E-state index is 13.4. The summed E-state index contributed by atoms with van der Waals surface area (Å²) in [6, 6.07) is 19.6. The Bertz CT molecular complexity index is 1200. The Hall–Kier alpha value is -3.61. The minimum atomic E-state index is -4.44. The summed E-state index contributed by atoms with van der Waals surface area (Å²) < 4.78 is 38.9. The van der Waals surface area contributed by atoms with Crippen molar-refractivity contribution in [3.63, 3.8) is 0 Å². The molecule has 4 nitrogen and oxygen atoms in total. The molecule has 0 aliphatic carbocycles. The van der Waals surface area contributed by atoms with Crippen LogP contribution in [-0.4, -0.2) is 22.3 Å². The Morgan fingerprint density at radius 2 is 1.59 bits per heavy atom. The SMILES string of the molecule is Cc1ccc(CNC(=O)C2(C)Cc3ccccc3C(=O)N2Cc2ccc(C(F)(F)F)cc2)cc1. The molecule has 3 aromatic carbocycles. The van der Waals surface area contributed by atoms with Crippen molar-refractivity contribution in [2.45, 2.75) is 45.1 Å². The van der Waals surface area contributed by atoms with Crippen LogP contribution in [0.2, 0.25) is 0 Å². The van der Waals surface area contributed by atoms with E-state index in [0.29, 0.717) is 24.1 Å². The molecule has 1 aliphatic rings. The molecule has 1 unspecified atom stereocenters. The molecule has 0 fully saturated rings. The summed E-state index contributed by atoms with van der Waals surface area (Å²) in [5.41, 5.74) is 1.85. The molecule has 1 aliphatic heterocycles. The summed E-state index contributed by atoms with van der Waals surface area (Å²) in [5, 5.41) is 2.94. The second-order valence-electron chi connectivity index (χ2n) is 8.86. The van der Waals surface area contributed by atoms with E-state index in [-0.39, 0.29) is 18.4 Å². The molecular formula is C27H25F3N2O2. The molecule has 1 atom stereocenters. The standard InChI is InChI=1S/C27H25F3N2O2/c1-18-7-9-19(10-8-18)16-31-25(34)26(2)15-21-5-3-4-6-23(21)24(33)32(26)17-20-11-13-22(14-12-20)27(28,29)30/h3-14H,15-17H2,1-2H3,(H,31,34). The van der Waals surface area contributed by atoms with Gasteiger partial charge < -0.3 is 10.2 Å². The Balaban J connectivity index is 1.62. The summed E-state index contributed by atoms with van der Waals surface area (Å²) in [6.45, 7) is 4.00. The van der Waals surface area contributed by atoms with Crippen LogP contribution in [0.4, 0.5) is 13.2 Å². The second-order valence-corrected chi connectivity index (χ2v) is 8.86. The van der Waals surface area contributed by atoms with E-state index < -0.39 is 17.3 Å². The summed E-state index contributed by atoms with van der Waals surface area (Å²) >= 11 is 0. The molecule has 176 valence electrons. The summed E-state index contributed by atoms with van der Waals surface area (Å²) in [5.74, 6) is -0.641. The Labute approximate surface area is 196 Å². The first-order valence-corrected chi connectivity index (χ1v) is 11.0. The van der Waals surface area contributed by atoms with Crippen molar-refractivity contribution < 1.29 is 22.8 Å². The molecule has 1 N–H and O–H groups in total. The fourth-order valence-electron chi connectivity index (χ4n) is 4.23. The van der Waals surface area contributed by atoms with Gasteiger partial charge in [-0.15, -0.1) is 0 Å². The fourth-order valence-corrected chi connectivity index (χ4v) is 4.23. The van der Waals surface area contributed by atoms with E-state index in [1.807, 2.05) is 43.3 Å². The van der Waals surface area contributed by atoms with Crippen LogP contribution >= 0.6 is 0 Å². The molecule has 0 spiro atoms. The zero-order chi connectivity index (χ0) is 24.5. The highest BCUT2D eigenvalue weighted by molar-refractivity contribution is 6.02. The van der Waals surface area contributed by atoms with Gasteiger partial charge in [0.05, 0.1) is 5.56 Å². The first-order valence-electron chi connectivity index (χ1n) is 11.0. The monoisotopic (exact) mass is 466 g/mol. The van der Waals surface area contributed by atoms with E-state index >= 15 is 0 Å². The van der Waals surface area contributed by atoms with Gasteiger partial charge in [0.25, 0.3) is 5.91 Å². The fraction of sp³-hybridized carbons (Fsp3) is 0.259. The number of nitrogens with one attached hydrogen (secondary N) is 1. The van der Waals surface area contributed by atoms with Gasteiger partial charge in [0.2, 0.25) is 5.91 Å². The molecular weight excluding hydrogens is 441 g/mol. The number of nitrogens with zero attached hydrogens (tertiary/aromatic N) is 1. The van der Waals surface area contributed by atoms with Crippen LogP contribution in [0.25, 0.3) is 0 Å². The predicted molar refractivity (Wildman–Crippen MR) is 123 cm³/mol. The largest absolute Gasteiger partial charge is 0.416 e. The number of rotatable bonds is 5. The number of fused-ring (bicyclic) bond motifs is 1. The number of carbonyl (C=O) groups is 2. The van der Waals surface area contributed by atoms with E-state index in [2.05, 4.69) is 5.32 Å². The minimum absolute atomic E-state index is 0.0136. The number of benzene rings is 3. The number of alkyl halides is 3. The molecule has 0 aromatic heterocycles. The minimum Gasteiger partial charge on any atom is -0.350 e. The Morgan fingerprint density at radius 1 is 0.971 bits per heavy atom. The van der Waals surface area contributed by atoms with Gasteiger partial charge in [0, 0.05) is 25.1 Å². The highest BCUT2D eigenvalue weighted by Crippen LogP contribution is 2.34. The molecule has 0 saturated carbocycles. The van der Waals surface area contributed by atoms with Gasteiger partial charge in [-0.05, 0) is 48.7 Å². The van der Waals surface area contributed by atoms with Gasteiger partial charge in [0.1, 0.15) is 5.54 Å². The van der Waals surface area contributed by atoms with E-state index in [1.165, 1.54) is 17.0 Å². The molecule has 34 heavy (non-hydrogen) atoms. The molecule has 4 rings (SSSR count). The number of hydrogen-bond acceptors (Lipinski definition) is 2. The lowest BCUT2D eigenvalue weighted by Crippen LogP contribution is -2.62. The van der Waals surface area contributed by atoms with Crippen LogP contribution in [0, 0.1) is 6.92 Å². The van der Waals surface area contributed by atoms with Crippen molar-refractivity contribution in [2.75, 3.05) is 0 Å². The Kier molecular flexibility index (Phi) is 6.21. The first kappa shape index (κ1) is 23.5. The molecule has 7 heteroatoms. The quantitative estimate of drug-likeness (QED) is 0.556. The number of halogens is 3. The third kappa shape index (κ3) is 4.69. The third-order valence-corrected chi connectivity index (χ3v) is 6.31. The number of hydrogen-bond donors (Lipinski definition) is 1. The smallest absolute Gasteiger partial charge is 0.350 e. The zero-order valence-corrected chi connectivity index (χ0v) is 18.9. The highest BCUT2D eigenvalue weighted by atomic mass is 19.4. The molecule has 0 saturated heterocycles. The molecule has 0 bridgehead atoms. The van der Waals surface area contributed by atoms with Gasteiger partial charge >= 0.3 is 6.18 Å². The van der Waals surface area contributed by atoms with E-state index in [0.717, 1.165) is 28.8 Å². The maximum atomic E-state index is 13.4. The lowest BCUT2D eigenvalue weighted by atomic mass is 9.82. The van der Waals surface area contributed by atoms with Crippen molar-refractivity contribution in [2.24, 2.45) is 0 Å². The first-order chi connectivity index (χ1) is 16.1. The van der Waals surface area contributed by atoms with Crippen molar-refractivity contribution in [1.82, 2.24) is 10.2 Å². The lowest BCUT2D eigenvalue weighted by molar-refractivity contribution is -0.137. The van der Waals surface area contributed by atoms with E-state index in [4.69, 9.17) is 0 Å². The topological polar surface area (TPSA) is 49.4 Å². The van der Waals surface area contributed by atoms with Crippen molar-refractivity contribution >= 4 is 11.8 Å². The summed E-state index contributed by atoms with van der Waals surface area (Å²) in [4.78, 5) is 28.4. The van der Waals surface area contributed by atoms with Gasteiger partial charge in [-0.1, -0.05) is 60.2 Å². The number of carbonyl (C=O) groups excluding carboxylic acids is 2. The number of aryl methyl sites for hydroxylation is 1. The van der Waals surface area contributed by atoms with Gasteiger partial charge in [-0.3, -0.25) is 9.59 Å². The molecule has 1 heterocycles. The average Bonchev–Trinajstić information content (AvgIpc) is 2.81. The van der Waals surface area contributed by atoms with Crippen LogP contribution in [-0.2, 0) is 30.5 Å². The Morgan fingerprint density at radius 3 is 2.24 bits per heavy atom. The lowest BCUT2D eigenvalue weighted by Gasteiger charge is -2.44. The maximum Gasteiger partial charge on any atom is 0.416 e. The molecule has 2 amide bonds. The van der Waals surface area contributed by atoms with Crippen LogP contribution in [0.15, 0.2) is 72.8 Å².